The van der Waals surface area contributed by atoms with Gasteiger partial charge in [0, 0.05) is 34.9 Å². The molecule has 4 aromatic rings. The van der Waals surface area contributed by atoms with E-state index in [-0.39, 0.29) is 6.10 Å². The summed E-state index contributed by atoms with van der Waals surface area (Å²) in [6.07, 6.45) is 7.19. The van der Waals surface area contributed by atoms with Crippen LogP contribution in [0.3, 0.4) is 0 Å². The lowest BCUT2D eigenvalue weighted by molar-refractivity contribution is 0.162. The highest BCUT2D eigenvalue weighted by atomic mass is 16.5. The molecule has 34 heavy (non-hydrogen) atoms. The maximum atomic E-state index is 10.7. The fourth-order valence-electron chi connectivity index (χ4n) is 4.23. The summed E-state index contributed by atoms with van der Waals surface area (Å²) >= 11 is 0. The van der Waals surface area contributed by atoms with Gasteiger partial charge in [-0.05, 0) is 75.0 Å². The van der Waals surface area contributed by atoms with Crippen LogP contribution < -0.4 is 15.4 Å². The number of aliphatic hydroxyl groups is 1. The largest absolute Gasteiger partial charge is 0.490 e. The van der Waals surface area contributed by atoms with Crippen molar-refractivity contribution in [1.82, 2.24) is 20.1 Å². The van der Waals surface area contributed by atoms with Gasteiger partial charge in [-0.2, -0.15) is 5.10 Å². The summed E-state index contributed by atoms with van der Waals surface area (Å²) in [5, 5.41) is 23.7. The first-order valence-electron chi connectivity index (χ1n) is 11.9. The Morgan fingerprint density at radius 3 is 2.53 bits per heavy atom. The molecular weight excluding hydrogens is 426 g/mol. The Bertz CT molecular complexity index is 1250. The highest BCUT2D eigenvalue weighted by Crippen LogP contribution is 2.27. The number of ether oxygens (including phenoxy) is 1. The van der Waals surface area contributed by atoms with Gasteiger partial charge in [-0.25, -0.2) is 4.98 Å². The first-order chi connectivity index (χ1) is 16.5. The van der Waals surface area contributed by atoms with Gasteiger partial charge in [-0.3, -0.25) is 4.68 Å². The molecule has 0 amide bonds. The first-order valence-corrected chi connectivity index (χ1v) is 11.9. The zero-order valence-corrected chi connectivity index (χ0v) is 19.6. The van der Waals surface area contributed by atoms with E-state index in [0.717, 1.165) is 59.1 Å². The van der Waals surface area contributed by atoms with Crippen molar-refractivity contribution in [3.63, 3.8) is 0 Å². The Hall–Kier alpha value is -3.42. The molecule has 1 aliphatic rings. The van der Waals surface area contributed by atoms with Crippen LogP contribution in [0.1, 0.15) is 44.5 Å². The van der Waals surface area contributed by atoms with Crippen molar-refractivity contribution in [1.29, 1.82) is 0 Å². The number of hydrogen-bond acceptors (Lipinski definition) is 6. The Morgan fingerprint density at radius 1 is 1.00 bits per heavy atom. The minimum Gasteiger partial charge on any atom is -0.490 e. The molecule has 2 aromatic heterocycles. The molecule has 0 bridgehead atoms. The molecule has 0 spiro atoms. The number of hydrogen-bond donors (Lipinski definition) is 3. The number of pyridine rings is 1. The van der Waals surface area contributed by atoms with E-state index in [2.05, 4.69) is 59.0 Å². The van der Waals surface area contributed by atoms with Gasteiger partial charge in [0.15, 0.2) is 6.23 Å². The number of rotatable bonds is 7. The van der Waals surface area contributed by atoms with E-state index in [1.165, 1.54) is 0 Å². The fourth-order valence-corrected chi connectivity index (χ4v) is 4.23. The zero-order chi connectivity index (χ0) is 23.5. The first kappa shape index (κ1) is 22.4. The minimum atomic E-state index is -0.870. The Kier molecular flexibility index (Phi) is 6.47. The maximum Gasteiger partial charge on any atom is 0.151 e. The van der Waals surface area contributed by atoms with E-state index in [1.807, 2.05) is 47.4 Å². The molecule has 3 heterocycles. The third-order valence-corrected chi connectivity index (χ3v) is 6.26. The number of aromatic nitrogens is 3. The van der Waals surface area contributed by atoms with Crippen LogP contribution in [0.25, 0.3) is 21.9 Å². The number of benzene rings is 2. The summed E-state index contributed by atoms with van der Waals surface area (Å²) in [5.41, 5.74) is 2.93. The number of aliphatic hydroxyl groups excluding tert-OH is 1. The second-order valence-electron chi connectivity index (χ2n) is 9.12. The zero-order valence-electron chi connectivity index (χ0n) is 19.6. The summed E-state index contributed by atoms with van der Waals surface area (Å²) in [5.74, 6) is 1.45. The van der Waals surface area contributed by atoms with Gasteiger partial charge >= 0.3 is 0 Å². The molecule has 1 atom stereocenters. The highest BCUT2D eigenvalue weighted by Gasteiger charge is 2.15. The lowest BCUT2D eigenvalue weighted by atomic mass is 10.0. The van der Waals surface area contributed by atoms with Crippen LogP contribution >= 0.6 is 0 Å². The van der Waals surface area contributed by atoms with Crippen molar-refractivity contribution >= 4 is 16.6 Å². The van der Waals surface area contributed by atoms with Crippen LogP contribution in [-0.4, -0.2) is 39.1 Å². The minimum absolute atomic E-state index is 0.251. The van der Waals surface area contributed by atoms with Crippen LogP contribution in [0.2, 0.25) is 0 Å². The molecule has 1 fully saturated rings. The van der Waals surface area contributed by atoms with E-state index >= 15 is 0 Å². The van der Waals surface area contributed by atoms with Crippen molar-refractivity contribution in [2.75, 3.05) is 18.4 Å². The lowest BCUT2D eigenvalue weighted by Crippen LogP contribution is -2.34. The van der Waals surface area contributed by atoms with Gasteiger partial charge in [-0.1, -0.05) is 24.3 Å². The van der Waals surface area contributed by atoms with Gasteiger partial charge in [0.1, 0.15) is 17.7 Å². The van der Waals surface area contributed by atoms with Crippen molar-refractivity contribution in [2.45, 2.75) is 45.1 Å². The molecule has 3 N–H and O–H groups in total. The molecule has 1 unspecified atom stereocenters. The average Bonchev–Trinajstić information content (AvgIpc) is 3.36. The molecule has 7 heteroatoms. The van der Waals surface area contributed by atoms with Crippen molar-refractivity contribution in [2.24, 2.45) is 0 Å². The molecular formula is C27H31N5O2. The van der Waals surface area contributed by atoms with E-state index in [9.17, 15) is 5.11 Å². The topological polar surface area (TPSA) is 84.2 Å². The number of piperidine rings is 1. The maximum absolute atomic E-state index is 10.7. The predicted molar refractivity (Wildman–Crippen MR) is 135 cm³/mol. The lowest BCUT2D eigenvalue weighted by Gasteiger charge is -2.24. The molecule has 0 aliphatic carbocycles. The monoisotopic (exact) mass is 457 g/mol. The average molecular weight is 458 g/mol. The Labute approximate surface area is 199 Å². The van der Waals surface area contributed by atoms with Gasteiger partial charge in [-0.15, -0.1) is 0 Å². The van der Waals surface area contributed by atoms with Gasteiger partial charge < -0.3 is 20.5 Å². The second-order valence-corrected chi connectivity index (χ2v) is 9.12. The third kappa shape index (κ3) is 5.05. The third-order valence-electron chi connectivity index (χ3n) is 6.26. The summed E-state index contributed by atoms with van der Waals surface area (Å²) in [4.78, 5) is 4.48. The molecule has 7 nitrogen and oxygen atoms in total. The molecule has 1 aliphatic heterocycles. The molecule has 176 valence electrons. The Morgan fingerprint density at radius 2 is 1.79 bits per heavy atom. The summed E-state index contributed by atoms with van der Waals surface area (Å²) in [6.45, 7) is 6.21. The molecule has 5 rings (SSSR count). The molecule has 2 aromatic carbocycles. The van der Waals surface area contributed by atoms with Crippen molar-refractivity contribution in [3.05, 3.63) is 72.7 Å². The van der Waals surface area contributed by atoms with Crippen LogP contribution in [-0.2, 0) is 0 Å². The summed E-state index contributed by atoms with van der Waals surface area (Å²) in [7, 11) is 0. The van der Waals surface area contributed by atoms with E-state index in [0.29, 0.717) is 11.9 Å². The summed E-state index contributed by atoms with van der Waals surface area (Å²) in [6, 6.07) is 16.2. The number of nitrogens with one attached hydrogen (secondary N) is 2. The predicted octanol–water partition coefficient (Wildman–Crippen LogP) is 4.91. The van der Waals surface area contributed by atoms with Crippen LogP contribution in [0.5, 0.6) is 5.75 Å². The van der Waals surface area contributed by atoms with Crippen molar-refractivity contribution < 1.29 is 9.84 Å². The quantitative estimate of drug-likeness (QED) is 0.342. The number of fused-ring (bicyclic) bond motifs is 1. The standard InChI is InChI=1S/C27H31N5O2/c1-18(2)32-17-23(16-30-32)20-3-4-21-15-29-26(14-22(21)13-20)31-27(33)19-5-7-24(8-6-19)34-25-9-11-28-12-10-25/h3-8,13-18,25,27-28,33H,9-12H2,1-2H3,(H,29,31). The fraction of sp³-hybridized carbons (Fsp3) is 0.333. The van der Waals surface area contributed by atoms with Crippen molar-refractivity contribution in [3.8, 4) is 16.9 Å². The molecule has 1 saturated heterocycles. The van der Waals surface area contributed by atoms with Crippen LogP contribution in [0.15, 0.2) is 67.1 Å². The van der Waals surface area contributed by atoms with Gasteiger partial charge in [0.2, 0.25) is 0 Å². The number of anilines is 1. The van der Waals surface area contributed by atoms with E-state index in [4.69, 9.17) is 4.74 Å². The summed E-state index contributed by atoms with van der Waals surface area (Å²) < 4.78 is 8.01. The Balaban J connectivity index is 1.28. The van der Waals surface area contributed by atoms with Crippen LogP contribution in [0.4, 0.5) is 5.82 Å². The SMILES string of the molecule is CC(C)n1cc(-c2ccc3cnc(NC(O)c4ccc(OC5CCNCC5)cc4)cc3c2)cn1. The normalized spacial score (nSPS) is 15.5. The highest BCUT2D eigenvalue weighted by molar-refractivity contribution is 5.88. The molecule has 0 saturated carbocycles. The van der Waals surface area contributed by atoms with Gasteiger partial charge in [0.05, 0.1) is 6.20 Å². The van der Waals surface area contributed by atoms with Gasteiger partial charge in [0.25, 0.3) is 0 Å². The molecule has 0 radical (unpaired) electrons. The van der Waals surface area contributed by atoms with Crippen LogP contribution in [0, 0.1) is 0 Å². The second kappa shape index (κ2) is 9.83. The van der Waals surface area contributed by atoms with E-state index < -0.39 is 6.23 Å². The van der Waals surface area contributed by atoms with E-state index in [1.54, 1.807) is 0 Å². The smallest absolute Gasteiger partial charge is 0.151 e. The number of nitrogens with zero attached hydrogens (tertiary/aromatic N) is 3.